The molecule has 1 aliphatic heterocycles. The number of unbranched alkanes of at least 4 members (excludes halogenated alkanes) is 21. The Morgan fingerprint density at radius 3 is 1.62 bits per heavy atom. The third-order valence-corrected chi connectivity index (χ3v) is 10.2. The van der Waals surface area contributed by atoms with Gasteiger partial charge in [0.15, 0.2) is 6.29 Å². The van der Waals surface area contributed by atoms with Crippen LogP contribution in [0.15, 0.2) is 36.5 Å². The van der Waals surface area contributed by atoms with Crippen molar-refractivity contribution < 1.29 is 39.8 Å². The summed E-state index contributed by atoms with van der Waals surface area (Å²) in [4.78, 5) is 12.9. The van der Waals surface area contributed by atoms with Gasteiger partial charge in [-0.2, -0.15) is 0 Å². The maximum atomic E-state index is 12.9. The molecule has 0 aromatic carbocycles. The summed E-state index contributed by atoms with van der Waals surface area (Å²) in [5.41, 5.74) is 0. The van der Waals surface area contributed by atoms with Gasteiger partial charge in [0.25, 0.3) is 0 Å². The number of amides is 1. The monoisotopic (exact) mass is 752 g/mol. The summed E-state index contributed by atoms with van der Waals surface area (Å²) in [6, 6.07) is -0.801. The van der Waals surface area contributed by atoms with Gasteiger partial charge in [0.2, 0.25) is 5.91 Å². The zero-order chi connectivity index (χ0) is 38.8. The fraction of sp³-hybridized carbons (Fsp3) is 0.841. The lowest BCUT2D eigenvalue weighted by Crippen LogP contribution is -2.60. The predicted octanol–water partition coefficient (Wildman–Crippen LogP) is 8.50. The highest BCUT2D eigenvalue weighted by Crippen LogP contribution is 2.22. The lowest BCUT2D eigenvalue weighted by molar-refractivity contribution is -0.302. The van der Waals surface area contributed by atoms with Crippen LogP contribution in [0.25, 0.3) is 0 Å². The van der Waals surface area contributed by atoms with Crippen LogP contribution in [-0.4, -0.2) is 87.5 Å². The zero-order valence-corrected chi connectivity index (χ0v) is 33.8. The van der Waals surface area contributed by atoms with Crippen LogP contribution in [0.1, 0.15) is 181 Å². The molecule has 9 heteroatoms. The number of aliphatic hydroxyl groups is 5. The van der Waals surface area contributed by atoms with E-state index in [0.29, 0.717) is 6.42 Å². The smallest absolute Gasteiger partial charge is 0.220 e. The Kier molecular flexibility index (Phi) is 32.5. The van der Waals surface area contributed by atoms with Gasteiger partial charge in [-0.3, -0.25) is 4.79 Å². The molecule has 0 aromatic rings. The molecule has 0 saturated carbocycles. The van der Waals surface area contributed by atoms with Gasteiger partial charge < -0.3 is 40.3 Å². The Morgan fingerprint density at radius 1 is 0.642 bits per heavy atom. The third kappa shape index (κ3) is 26.0. The predicted molar refractivity (Wildman–Crippen MR) is 216 cm³/mol. The van der Waals surface area contributed by atoms with Crippen molar-refractivity contribution in [2.24, 2.45) is 0 Å². The second-order valence-corrected chi connectivity index (χ2v) is 15.1. The Bertz CT molecular complexity index is 925. The maximum absolute atomic E-state index is 12.9. The van der Waals surface area contributed by atoms with Crippen molar-refractivity contribution in [2.45, 2.75) is 224 Å². The SMILES string of the molecule is CCCCCCC/C=C\C/C=C\CCCCCCCCCCCCCC(=O)NC(COC1OC(CO)C(O)C(O)C1O)C(O)/C=C/CCCCCCC. The van der Waals surface area contributed by atoms with Gasteiger partial charge in [0.1, 0.15) is 24.4 Å². The maximum Gasteiger partial charge on any atom is 0.220 e. The van der Waals surface area contributed by atoms with E-state index >= 15 is 0 Å². The number of nitrogens with one attached hydrogen (secondary N) is 1. The van der Waals surface area contributed by atoms with Crippen molar-refractivity contribution in [1.29, 1.82) is 0 Å². The molecule has 0 aromatic heterocycles. The minimum Gasteiger partial charge on any atom is -0.394 e. The Balaban J connectivity index is 2.23. The molecular weight excluding hydrogens is 670 g/mol. The Hall–Kier alpha value is -1.59. The number of hydrogen-bond acceptors (Lipinski definition) is 8. The van der Waals surface area contributed by atoms with E-state index in [1.54, 1.807) is 6.08 Å². The standard InChI is InChI=1S/C44H81NO8/c1-3-5-7-9-11-12-13-14-15-16-17-18-19-20-21-22-23-24-25-26-28-30-32-34-40(48)45-37(38(47)33-31-29-27-10-8-6-4-2)36-52-44-43(51)42(50)41(49)39(35-46)53-44/h13-14,16-17,31,33,37-39,41-44,46-47,49-51H,3-12,15,18-30,32,34-36H2,1-2H3,(H,45,48)/b14-13-,17-16-,33-31+. The van der Waals surface area contributed by atoms with Gasteiger partial charge in [-0.15, -0.1) is 0 Å². The number of carbonyl (C=O) groups is 1. The van der Waals surface area contributed by atoms with Crippen LogP contribution in [0.2, 0.25) is 0 Å². The molecule has 9 nitrogen and oxygen atoms in total. The van der Waals surface area contributed by atoms with E-state index in [9.17, 15) is 30.3 Å². The van der Waals surface area contributed by atoms with Crippen molar-refractivity contribution >= 4 is 5.91 Å². The first kappa shape index (κ1) is 49.4. The van der Waals surface area contributed by atoms with Crippen LogP contribution in [-0.2, 0) is 14.3 Å². The molecule has 1 heterocycles. The van der Waals surface area contributed by atoms with Gasteiger partial charge in [-0.05, 0) is 51.4 Å². The summed E-state index contributed by atoms with van der Waals surface area (Å²) in [5, 5.41) is 53.8. The number of rotatable bonds is 35. The molecule has 1 fully saturated rings. The van der Waals surface area contributed by atoms with Crippen LogP contribution >= 0.6 is 0 Å². The van der Waals surface area contributed by atoms with E-state index < -0.39 is 49.5 Å². The molecule has 310 valence electrons. The average molecular weight is 752 g/mol. The highest BCUT2D eigenvalue weighted by molar-refractivity contribution is 5.76. The van der Waals surface area contributed by atoms with Crippen LogP contribution < -0.4 is 5.32 Å². The normalized spacial score (nSPS) is 22.0. The zero-order valence-electron chi connectivity index (χ0n) is 33.8. The van der Waals surface area contributed by atoms with E-state index in [4.69, 9.17) is 9.47 Å². The number of ether oxygens (including phenoxy) is 2. The quantitative estimate of drug-likeness (QED) is 0.0279. The highest BCUT2D eigenvalue weighted by atomic mass is 16.7. The minimum atomic E-state index is -1.56. The lowest BCUT2D eigenvalue weighted by atomic mass is 9.99. The molecule has 0 bridgehead atoms. The molecular formula is C44H81NO8. The van der Waals surface area contributed by atoms with E-state index in [2.05, 4.69) is 43.5 Å². The fourth-order valence-corrected chi connectivity index (χ4v) is 6.65. The lowest BCUT2D eigenvalue weighted by Gasteiger charge is -2.40. The summed E-state index contributed by atoms with van der Waals surface area (Å²) in [7, 11) is 0. The fourth-order valence-electron chi connectivity index (χ4n) is 6.65. The molecule has 7 unspecified atom stereocenters. The highest BCUT2D eigenvalue weighted by Gasteiger charge is 2.44. The van der Waals surface area contributed by atoms with Gasteiger partial charge in [-0.25, -0.2) is 0 Å². The first-order chi connectivity index (χ1) is 25.8. The Labute approximate surface area is 323 Å². The molecule has 7 atom stereocenters. The van der Waals surface area contributed by atoms with Crippen molar-refractivity contribution in [1.82, 2.24) is 5.32 Å². The Morgan fingerprint density at radius 2 is 1.11 bits per heavy atom. The van der Waals surface area contributed by atoms with Crippen LogP contribution in [0.4, 0.5) is 0 Å². The van der Waals surface area contributed by atoms with E-state index in [0.717, 1.165) is 44.9 Å². The molecule has 0 aliphatic carbocycles. The molecule has 0 radical (unpaired) electrons. The van der Waals surface area contributed by atoms with Gasteiger partial charge >= 0.3 is 0 Å². The van der Waals surface area contributed by atoms with E-state index in [1.807, 2.05) is 6.08 Å². The van der Waals surface area contributed by atoms with Crippen LogP contribution in [0.5, 0.6) is 0 Å². The second-order valence-electron chi connectivity index (χ2n) is 15.1. The molecule has 53 heavy (non-hydrogen) atoms. The summed E-state index contributed by atoms with van der Waals surface area (Å²) in [6.07, 6.45) is 35.0. The number of aliphatic hydroxyl groups excluding tert-OH is 5. The van der Waals surface area contributed by atoms with Crippen molar-refractivity contribution in [2.75, 3.05) is 13.2 Å². The summed E-state index contributed by atoms with van der Waals surface area (Å²) >= 11 is 0. The van der Waals surface area contributed by atoms with E-state index in [1.165, 1.54) is 116 Å². The summed E-state index contributed by atoms with van der Waals surface area (Å²) in [5.74, 6) is -0.185. The molecule has 1 aliphatic rings. The molecule has 0 spiro atoms. The summed E-state index contributed by atoms with van der Waals surface area (Å²) in [6.45, 7) is 3.69. The average Bonchev–Trinajstić information content (AvgIpc) is 3.16. The first-order valence-electron chi connectivity index (χ1n) is 21.7. The van der Waals surface area contributed by atoms with E-state index in [-0.39, 0.29) is 12.5 Å². The first-order valence-corrected chi connectivity index (χ1v) is 21.7. The molecule has 1 amide bonds. The number of hydrogen-bond donors (Lipinski definition) is 6. The topological polar surface area (TPSA) is 149 Å². The molecule has 6 N–H and O–H groups in total. The van der Waals surface area contributed by atoms with Gasteiger partial charge in [0, 0.05) is 6.42 Å². The summed E-state index contributed by atoms with van der Waals surface area (Å²) < 4.78 is 11.1. The second kappa shape index (κ2) is 34.9. The van der Waals surface area contributed by atoms with Gasteiger partial charge in [0.05, 0.1) is 25.4 Å². The minimum absolute atomic E-state index is 0.185. The number of allylic oxidation sites excluding steroid dienone is 5. The van der Waals surface area contributed by atoms with Crippen LogP contribution in [0, 0.1) is 0 Å². The van der Waals surface area contributed by atoms with Crippen molar-refractivity contribution in [3.05, 3.63) is 36.5 Å². The third-order valence-electron chi connectivity index (χ3n) is 10.2. The van der Waals surface area contributed by atoms with Crippen LogP contribution in [0.3, 0.4) is 0 Å². The van der Waals surface area contributed by atoms with Crippen molar-refractivity contribution in [3.8, 4) is 0 Å². The number of carbonyl (C=O) groups excluding carboxylic acids is 1. The van der Waals surface area contributed by atoms with Gasteiger partial charge in [-0.1, -0.05) is 159 Å². The van der Waals surface area contributed by atoms with Crippen molar-refractivity contribution in [3.63, 3.8) is 0 Å². The molecule has 1 saturated heterocycles. The largest absolute Gasteiger partial charge is 0.394 e. The molecule has 1 rings (SSSR count).